The lowest BCUT2D eigenvalue weighted by Gasteiger charge is -2.29. The molecule has 0 aromatic heterocycles. The number of hydrogen-bond acceptors (Lipinski definition) is 4. The highest BCUT2D eigenvalue weighted by Crippen LogP contribution is 2.21. The molecule has 7 nitrogen and oxygen atoms in total. The number of rotatable bonds is 10. The lowest BCUT2D eigenvalue weighted by Crippen LogP contribution is -2.47. The molecule has 0 saturated carbocycles. The Morgan fingerprint density at radius 3 is 2.31 bits per heavy atom. The molecule has 1 atom stereocenters. The van der Waals surface area contributed by atoms with E-state index in [2.05, 4.69) is 5.32 Å². The molecule has 174 valence electrons. The number of halogens is 2. The Kier molecular flexibility index (Phi) is 9.03. The van der Waals surface area contributed by atoms with Crippen molar-refractivity contribution in [1.29, 1.82) is 0 Å². The molecule has 0 aliphatic carbocycles. The van der Waals surface area contributed by atoms with E-state index in [1.165, 1.54) is 22.3 Å². The summed E-state index contributed by atoms with van der Waals surface area (Å²) in [5.74, 6) is -1.23. The van der Waals surface area contributed by atoms with Crippen LogP contribution in [0.25, 0.3) is 0 Å². The molecule has 0 radical (unpaired) electrons. The van der Waals surface area contributed by atoms with Crippen molar-refractivity contribution in [3.8, 4) is 0 Å². The number of nitrogens with one attached hydrogen (secondary N) is 1. The second-order valence-electron chi connectivity index (χ2n) is 7.32. The molecule has 2 aromatic rings. The van der Waals surface area contributed by atoms with Crippen LogP contribution >= 0.6 is 11.6 Å². The number of hydrogen-bond donors (Lipinski definition) is 1. The van der Waals surface area contributed by atoms with Crippen LogP contribution in [0.2, 0.25) is 5.02 Å². The van der Waals surface area contributed by atoms with Gasteiger partial charge in [-0.1, -0.05) is 29.8 Å². The molecule has 2 aromatic carbocycles. The monoisotopic (exact) mass is 483 g/mol. The minimum Gasteiger partial charge on any atom is -0.357 e. The van der Waals surface area contributed by atoms with Crippen LogP contribution in [0.15, 0.2) is 48.5 Å². The summed E-state index contributed by atoms with van der Waals surface area (Å²) in [7, 11) is -2.13. The predicted molar refractivity (Wildman–Crippen MR) is 123 cm³/mol. The number of anilines is 1. The van der Waals surface area contributed by atoms with Gasteiger partial charge in [-0.2, -0.15) is 0 Å². The largest absolute Gasteiger partial charge is 0.357 e. The van der Waals surface area contributed by atoms with E-state index in [0.29, 0.717) is 10.7 Å². The number of carbonyl (C=O) groups excluding carboxylic acids is 2. The lowest BCUT2D eigenvalue weighted by atomic mass is 10.1. The van der Waals surface area contributed by atoms with Gasteiger partial charge in [-0.05, 0) is 43.7 Å². The second-order valence-corrected chi connectivity index (χ2v) is 9.66. The van der Waals surface area contributed by atoms with Gasteiger partial charge in [-0.25, -0.2) is 12.8 Å². The number of benzene rings is 2. The second kappa shape index (κ2) is 11.3. The smallest absolute Gasteiger partial charge is 0.242 e. The Bertz CT molecular complexity index is 1050. The van der Waals surface area contributed by atoms with E-state index in [0.717, 1.165) is 6.26 Å². The van der Waals surface area contributed by atoms with Gasteiger partial charge in [0.2, 0.25) is 21.8 Å². The van der Waals surface area contributed by atoms with Gasteiger partial charge >= 0.3 is 0 Å². The molecular formula is C22H27ClFN3O4S. The number of nitrogens with zero attached hydrogens (tertiary/aromatic N) is 2. The molecular weight excluding hydrogens is 457 g/mol. The summed E-state index contributed by atoms with van der Waals surface area (Å²) >= 11 is 5.88. The van der Waals surface area contributed by atoms with Crippen molar-refractivity contribution >= 4 is 39.1 Å². The Labute approximate surface area is 193 Å². The van der Waals surface area contributed by atoms with Crippen molar-refractivity contribution in [2.75, 3.05) is 24.2 Å². The van der Waals surface area contributed by atoms with Crippen LogP contribution in [-0.4, -0.2) is 51.0 Å². The van der Waals surface area contributed by atoms with Crippen LogP contribution in [0, 0.1) is 5.82 Å². The lowest BCUT2D eigenvalue weighted by molar-refractivity contribution is -0.140. The van der Waals surface area contributed by atoms with Gasteiger partial charge in [0.1, 0.15) is 11.9 Å². The third-order valence-electron chi connectivity index (χ3n) is 4.98. The first-order valence-corrected chi connectivity index (χ1v) is 12.2. The maximum atomic E-state index is 14.1. The van der Waals surface area contributed by atoms with E-state index in [1.807, 2.05) is 0 Å². The van der Waals surface area contributed by atoms with Gasteiger partial charge in [0.05, 0.1) is 11.9 Å². The van der Waals surface area contributed by atoms with Gasteiger partial charge in [0.25, 0.3) is 0 Å². The molecule has 1 N–H and O–H groups in total. The number of amides is 2. The van der Waals surface area contributed by atoms with E-state index in [9.17, 15) is 22.4 Å². The van der Waals surface area contributed by atoms with Crippen LogP contribution in [0.3, 0.4) is 0 Å². The third kappa shape index (κ3) is 6.93. The first-order valence-electron chi connectivity index (χ1n) is 10.0. The number of sulfonamides is 1. The molecule has 0 bridgehead atoms. The molecule has 10 heteroatoms. The van der Waals surface area contributed by atoms with E-state index < -0.39 is 21.9 Å². The Hall–Kier alpha value is -2.65. The van der Waals surface area contributed by atoms with Gasteiger partial charge in [-0.15, -0.1) is 0 Å². The summed E-state index contributed by atoms with van der Waals surface area (Å²) in [6.45, 7) is 1.55. The molecule has 32 heavy (non-hydrogen) atoms. The molecule has 0 spiro atoms. The molecule has 2 rings (SSSR count). The summed E-state index contributed by atoms with van der Waals surface area (Å²) < 4.78 is 39.8. The fourth-order valence-corrected chi connectivity index (χ4v) is 4.30. The first-order chi connectivity index (χ1) is 15.0. The summed E-state index contributed by atoms with van der Waals surface area (Å²) in [5.41, 5.74) is 0.724. The predicted octanol–water partition coefficient (Wildman–Crippen LogP) is 3.19. The maximum absolute atomic E-state index is 14.1. The minimum absolute atomic E-state index is 0.0185. The highest BCUT2D eigenvalue weighted by Gasteiger charge is 2.26. The summed E-state index contributed by atoms with van der Waals surface area (Å²) in [5, 5.41) is 2.97. The van der Waals surface area contributed by atoms with Gasteiger partial charge in [0, 0.05) is 37.1 Å². The standard InChI is InChI=1S/C22H27ClFN3O4S/c1-16(22(29)25-2)26(15-17-7-4-5-8-20(17)24)21(28)9-6-14-27(32(3,30)31)19-12-10-18(23)11-13-19/h4-5,7-8,10-13,16H,6,9,14-15H2,1-3H3,(H,25,29). The van der Waals surface area contributed by atoms with Crippen molar-refractivity contribution in [2.45, 2.75) is 32.4 Å². The SMILES string of the molecule is CNC(=O)C(C)N(Cc1ccccc1F)C(=O)CCCN(c1ccc(Cl)cc1)S(C)(=O)=O. The van der Waals surface area contributed by atoms with E-state index >= 15 is 0 Å². The zero-order chi connectivity index (χ0) is 23.9. The normalized spacial score (nSPS) is 12.2. The van der Waals surface area contributed by atoms with Crippen molar-refractivity contribution < 1.29 is 22.4 Å². The zero-order valence-electron chi connectivity index (χ0n) is 18.2. The van der Waals surface area contributed by atoms with Crippen LogP contribution in [0.1, 0.15) is 25.3 Å². The maximum Gasteiger partial charge on any atom is 0.242 e. The van der Waals surface area contributed by atoms with Crippen LogP contribution in [0.4, 0.5) is 10.1 Å². The van der Waals surface area contributed by atoms with Crippen molar-refractivity contribution in [1.82, 2.24) is 10.2 Å². The molecule has 2 amide bonds. The third-order valence-corrected chi connectivity index (χ3v) is 6.43. The van der Waals surface area contributed by atoms with E-state index in [1.54, 1.807) is 49.4 Å². The van der Waals surface area contributed by atoms with E-state index in [-0.39, 0.29) is 43.3 Å². The Morgan fingerprint density at radius 1 is 1.12 bits per heavy atom. The van der Waals surface area contributed by atoms with Gasteiger partial charge < -0.3 is 10.2 Å². The molecule has 0 fully saturated rings. The average molecular weight is 484 g/mol. The fraction of sp³-hybridized carbons (Fsp3) is 0.364. The summed E-state index contributed by atoms with van der Waals surface area (Å²) in [4.78, 5) is 26.4. The fourth-order valence-electron chi connectivity index (χ4n) is 3.21. The summed E-state index contributed by atoms with van der Waals surface area (Å²) in [6.07, 6.45) is 1.28. The van der Waals surface area contributed by atoms with Gasteiger partial charge in [0.15, 0.2) is 0 Å². The van der Waals surface area contributed by atoms with Crippen molar-refractivity contribution in [3.05, 3.63) is 64.9 Å². The Balaban J connectivity index is 2.14. The highest BCUT2D eigenvalue weighted by atomic mass is 35.5. The molecule has 0 aliphatic rings. The average Bonchev–Trinajstić information content (AvgIpc) is 2.75. The quantitative estimate of drug-likeness (QED) is 0.562. The zero-order valence-corrected chi connectivity index (χ0v) is 19.8. The highest BCUT2D eigenvalue weighted by molar-refractivity contribution is 7.92. The molecule has 0 aliphatic heterocycles. The first kappa shape index (κ1) is 25.6. The van der Waals surface area contributed by atoms with Crippen molar-refractivity contribution in [2.24, 2.45) is 0 Å². The number of carbonyl (C=O) groups is 2. The van der Waals surface area contributed by atoms with Crippen LogP contribution < -0.4 is 9.62 Å². The van der Waals surface area contributed by atoms with E-state index in [4.69, 9.17) is 11.6 Å². The van der Waals surface area contributed by atoms with Gasteiger partial charge in [-0.3, -0.25) is 13.9 Å². The van der Waals surface area contributed by atoms with Crippen LogP contribution in [0.5, 0.6) is 0 Å². The number of likely N-dealkylation sites (N-methyl/N-ethyl adjacent to an activating group) is 1. The Morgan fingerprint density at radius 2 is 1.75 bits per heavy atom. The summed E-state index contributed by atoms with van der Waals surface area (Å²) in [6, 6.07) is 11.6. The van der Waals surface area contributed by atoms with Crippen molar-refractivity contribution in [3.63, 3.8) is 0 Å². The molecule has 0 heterocycles. The molecule has 0 saturated heterocycles. The minimum atomic E-state index is -3.59. The topological polar surface area (TPSA) is 86.8 Å². The molecule has 1 unspecified atom stereocenters. The van der Waals surface area contributed by atoms with Crippen LogP contribution in [-0.2, 0) is 26.2 Å².